The van der Waals surface area contributed by atoms with Gasteiger partial charge in [0.2, 0.25) is 0 Å². The predicted octanol–water partition coefficient (Wildman–Crippen LogP) is 4.03. The quantitative estimate of drug-likeness (QED) is 0.423. The molecular formula is C25H35N5O2. The first-order valence-electron chi connectivity index (χ1n) is 11.8. The molecule has 2 fully saturated rings. The average Bonchev–Trinajstić information content (AvgIpc) is 3.67. The van der Waals surface area contributed by atoms with E-state index in [-0.39, 0.29) is 0 Å². The molecule has 1 aromatic carbocycles. The van der Waals surface area contributed by atoms with Crippen molar-refractivity contribution in [3.63, 3.8) is 0 Å². The molecule has 2 aliphatic rings. The Kier molecular flexibility index (Phi) is 7.93. The van der Waals surface area contributed by atoms with Crippen LogP contribution in [-0.2, 0) is 11.4 Å². The largest absolute Gasteiger partial charge is 0.493 e. The summed E-state index contributed by atoms with van der Waals surface area (Å²) < 4.78 is 6.09. The van der Waals surface area contributed by atoms with Gasteiger partial charge < -0.3 is 19.8 Å². The van der Waals surface area contributed by atoms with Crippen molar-refractivity contribution in [1.82, 2.24) is 15.3 Å². The van der Waals surface area contributed by atoms with E-state index in [1.165, 1.54) is 31.2 Å². The van der Waals surface area contributed by atoms with Crippen LogP contribution in [-0.4, -0.2) is 49.5 Å². The van der Waals surface area contributed by atoms with Gasteiger partial charge >= 0.3 is 0 Å². The van der Waals surface area contributed by atoms with E-state index in [4.69, 9.17) is 9.57 Å². The van der Waals surface area contributed by atoms with E-state index in [0.29, 0.717) is 5.92 Å². The molecule has 1 aromatic heterocycles. The Bertz CT molecular complexity index is 877. The standard InChI is InChI=1S/C25H35N5O2/c1-26-16-22-15-21(6-8-24(22)32-17-20-3-4-20)23(29-31-2)7-5-19-10-13-30(14-11-19)25-9-12-27-18-28-25/h6,8-9,12,15,18-20,26H,3-5,7,10-11,13-14,16-17H2,1-2H3/b29-23-. The number of oxime groups is 1. The first kappa shape index (κ1) is 22.5. The van der Waals surface area contributed by atoms with E-state index in [9.17, 15) is 0 Å². The van der Waals surface area contributed by atoms with Gasteiger partial charge in [-0.25, -0.2) is 9.97 Å². The number of aromatic nitrogens is 2. The van der Waals surface area contributed by atoms with Crippen molar-refractivity contribution in [3.05, 3.63) is 47.9 Å². The molecule has 7 heteroatoms. The fourth-order valence-corrected chi connectivity index (χ4v) is 4.34. The summed E-state index contributed by atoms with van der Waals surface area (Å²) in [4.78, 5) is 16.0. The number of hydrogen-bond donors (Lipinski definition) is 1. The van der Waals surface area contributed by atoms with Crippen LogP contribution in [0, 0.1) is 11.8 Å². The van der Waals surface area contributed by atoms with E-state index in [2.05, 4.69) is 43.5 Å². The summed E-state index contributed by atoms with van der Waals surface area (Å²) in [5.74, 6) is 3.43. The summed E-state index contributed by atoms with van der Waals surface area (Å²) in [7, 11) is 3.59. The number of ether oxygens (including phenoxy) is 1. The van der Waals surface area contributed by atoms with Crippen LogP contribution >= 0.6 is 0 Å². The number of nitrogens with zero attached hydrogens (tertiary/aromatic N) is 4. The fraction of sp³-hybridized carbons (Fsp3) is 0.560. The third-order valence-electron chi connectivity index (χ3n) is 6.43. The molecule has 1 saturated heterocycles. The maximum absolute atomic E-state index is 6.09. The number of rotatable bonds is 11. The molecule has 32 heavy (non-hydrogen) atoms. The van der Waals surface area contributed by atoms with Crippen molar-refractivity contribution < 1.29 is 9.57 Å². The maximum atomic E-state index is 6.09. The van der Waals surface area contributed by atoms with Crippen molar-refractivity contribution in [1.29, 1.82) is 0 Å². The zero-order valence-electron chi connectivity index (χ0n) is 19.3. The van der Waals surface area contributed by atoms with Crippen LogP contribution in [0.3, 0.4) is 0 Å². The molecule has 1 aliphatic carbocycles. The Hall–Kier alpha value is -2.67. The molecule has 0 bridgehead atoms. The first-order valence-corrected chi connectivity index (χ1v) is 11.8. The van der Waals surface area contributed by atoms with Gasteiger partial charge in [-0.3, -0.25) is 0 Å². The van der Waals surface area contributed by atoms with Gasteiger partial charge in [0.1, 0.15) is 25.0 Å². The summed E-state index contributed by atoms with van der Waals surface area (Å²) in [5.41, 5.74) is 3.30. The van der Waals surface area contributed by atoms with Gasteiger partial charge in [-0.1, -0.05) is 5.16 Å². The van der Waals surface area contributed by atoms with Crippen LogP contribution in [0.4, 0.5) is 5.82 Å². The van der Waals surface area contributed by atoms with Crippen molar-refractivity contribution in [3.8, 4) is 5.75 Å². The van der Waals surface area contributed by atoms with E-state index in [1.54, 1.807) is 13.4 Å². The van der Waals surface area contributed by atoms with Crippen LogP contribution in [0.2, 0.25) is 0 Å². The molecule has 1 saturated carbocycles. The lowest BCUT2D eigenvalue weighted by molar-refractivity contribution is 0.212. The Morgan fingerprint density at radius 2 is 2.00 bits per heavy atom. The van der Waals surface area contributed by atoms with Crippen LogP contribution in [0.5, 0.6) is 5.75 Å². The highest BCUT2D eigenvalue weighted by Gasteiger charge is 2.23. The minimum absolute atomic E-state index is 0.688. The maximum Gasteiger partial charge on any atom is 0.131 e. The molecule has 2 heterocycles. The zero-order valence-corrected chi connectivity index (χ0v) is 19.3. The van der Waals surface area contributed by atoms with E-state index < -0.39 is 0 Å². The molecule has 0 radical (unpaired) electrons. The molecule has 4 rings (SSSR count). The number of piperidine rings is 1. The van der Waals surface area contributed by atoms with Gasteiger partial charge in [-0.2, -0.15) is 0 Å². The molecule has 0 spiro atoms. The molecule has 7 nitrogen and oxygen atoms in total. The number of anilines is 1. The number of nitrogens with one attached hydrogen (secondary N) is 1. The molecule has 1 N–H and O–H groups in total. The van der Waals surface area contributed by atoms with Crippen molar-refractivity contribution in [2.45, 2.75) is 45.1 Å². The molecule has 0 atom stereocenters. The Labute approximate surface area is 191 Å². The van der Waals surface area contributed by atoms with Crippen LogP contribution in [0.25, 0.3) is 0 Å². The smallest absolute Gasteiger partial charge is 0.131 e. The van der Waals surface area contributed by atoms with Crippen molar-refractivity contribution >= 4 is 11.5 Å². The zero-order chi connectivity index (χ0) is 22.2. The Morgan fingerprint density at radius 3 is 2.69 bits per heavy atom. The highest BCUT2D eigenvalue weighted by Crippen LogP contribution is 2.31. The lowest BCUT2D eigenvalue weighted by Gasteiger charge is -2.32. The molecular weight excluding hydrogens is 402 g/mol. The summed E-state index contributed by atoms with van der Waals surface area (Å²) in [6, 6.07) is 8.41. The average molecular weight is 438 g/mol. The SMILES string of the molecule is CNCc1cc(/C(CCC2CCN(c3ccncn3)CC2)=N\OC)ccc1OCC1CC1. The molecule has 0 amide bonds. The first-order chi connectivity index (χ1) is 15.8. The van der Waals surface area contributed by atoms with Gasteiger partial charge in [-0.15, -0.1) is 0 Å². The summed E-state index contributed by atoms with van der Waals surface area (Å²) >= 11 is 0. The summed E-state index contributed by atoms with van der Waals surface area (Å²) in [5, 5.41) is 7.65. The Balaban J connectivity index is 1.35. The fourth-order valence-electron chi connectivity index (χ4n) is 4.34. The van der Waals surface area contributed by atoms with E-state index >= 15 is 0 Å². The normalized spacial score (nSPS) is 17.4. The molecule has 1 aliphatic heterocycles. The van der Waals surface area contributed by atoms with Gasteiger partial charge in [-0.05, 0) is 87.2 Å². The third-order valence-corrected chi connectivity index (χ3v) is 6.43. The lowest BCUT2D eigenvalue weighted by Crippen LogP contribution is -2.34. The highest BCUT2D eigenvalue weighted by molar-refractivity contribution is 6.00. The lowest BCUT2D eigenvalue weighted by atomic mass is 9.90. The molecule has 172 valence electrons. The summed E-state index contributed by atoms with van der Waals surface area (Å²) in [6.07, 6.45) is 10.4. The molecule has 2 aromatic rings. The van der Waals surface area contributed by atoms with Crippen LogP contribution in [0.15, 0.2) is 41.9 Å². The van der Waals surface area contributed by atoms with Gasteiger partial charge in [0.05, 0.1) is 12.3 Å². The number of hydrogen-bond acceptors (Lipinski definition) is 7. The van der Waals surface area contributed by atoms with Crippen molar-refractivity contribution in [2.24, 2.45) is 17.0 Å². The Morgan fingerprint density at radius 1 is 1.16 bits per heavy atom. The van der Waals surface area contributed by atoms with E-state index in [1.807, 2.05) is 19.3 Å². The van der Waals surface area contributed by atoms with Gasteiger partial charge in [0, 0.05) is 31.4 Å². The monoisotopic (exact) mass is 437 g/mol. The second kappa shape index (κ2) is 11.3. The summed E-state index contributed by atoms with van der Waals surface area (Å²) in [6.45, 7) is 3.67. The second-order valence-corrected chi connectivity index (χ2v) is 8.86. The minimum Gasteiger partial charge on any atom is -0.493 e. The van der Waals surface area contributed by atoms with Gasteiger partial charge in [0.15, 0.2) is 0 Å². The minimum atomic E-state index is 0.688. The topological polar surface area (TPSA) is 71.9 Å². The number of benzene rings is 1. The third kappa shape index (κ3) is 6.19. The predicted molar refractivity (Wildman–Crippen MR) is 127 cm³/mol. The van der Waals surface area contributed by atoms with Gasteiger partial charge in [0.25, 0.3) is 0 Å². The van der Waals surface area contributed by atoms with Crippen LogP contribution < -0.4 is 15.0 Å². The van der Waals surface area contributed by atoms with E-state index in [0.717, 1.165) is 67.8 Å². The highest BCUT2D eigenvalue weighted by atomic mass is 16.6. The van der Waals surface area contributed by atoms with Crippen molar-refractivity contribution in [2.75, 3.05) is 38.8 Å². The second-order valence-electron chi connectivity index (χ2n) is 8.86. The van der Waals surface area contributed by atoms with Crippen LogP contribution in [0.1, 0.15) is 49.7 Å². The molecule has 0 unspecified atom stereocenters.